The second-order valence-electron chi connectivity index (χ2n) is 8.91. The third-order valence-electron chi connectivity index (χ3n) is 6.41. The number of anilines is 3. The van der Waals surface area contributed by atoms with E-state index < -0.39 is 0 Å². The molecule has 2 N–H and O–H groups in total. The fourth-order valence-corrected chi connectivity index (χ4v) is 4.58. The summed E-state index contributed by atoms with van der Waals surface area (Å²) in [5, 5.41) is 6.86. The molecule has 1 saturated heterocycles. The lowest BCUT2D eigenvalue weighted by atomic mass is 10.0. The van der Waals surface area contributed by atoms with Gasteiger partial charge in [0.05, 0.1) is 6.20 Å². The van der Waals surface area contributed by atoms with E-state index in [0.717, 1.165) is 55.1 Å². The van der Waals surface area contributed by atoms with Crippen LogP contribution in [0.5, 0.6) is 0 Å². The minimum atomic E-state index is 0.307. The van der Waals surface area contributed by atoms with Gasteiger partial charge < -0.3 is 10.6 Å². The van der Waals surface area contributed by atoms with E-state index in [9.17, 15) is 0 Å². The number of nitrogens with one attached hydrogen (secondary N) is 2. The quantitative estimate of drug-likeness (QED) is 0.356. The number of aromatic nitrogens is 6. The Balaban J connectivity index is 1.25. The molecule has 0 aliphatic carbocycles. The Morgan fingerprint density at radius 3 is 2.39 bits per heavy atom. The number of likely N-dealkylation sites (tertiary alicyclic amines) is 1. The van der Waals surface area contributed by atoms with Crippen LogP contribution >= 0.6 is 0 Å². The van der Waals surface area contributed by atoms with Crippen molar-refractivity contribution in [2.75, 3.05) is 23.7 Å². The standard InChI is InChI=1S/C27H27N9/c1-3-7-20(8-4-1)18-35-15-11-21(12-16-35)31-25-24-26(36(19-30-24)22-9-5-2-6-10-22)34-27(33-25)32-23-17-28-13-14-29-23/h1-10,13-14,17,19,21H,11-12,15-16,18H2,(H2,29,31,32,33,34). The number of piperidine rings is 1. The van der Waals surface area contributed by atoms with E-state index in [2.05, 4.69) is 60.8 Å². The summed E-state index contributed by atoms with van der Waals surface area (Å²) in [6, 6.07) is 21.0. The van der Waals surface area contributed by atoms with Crippen LogP contribution in [0.25, 0.3) is 16.9 Å². The average Bonchev–Trinajstić information content (AvgIpc) is 3.36. The van der Waals surface area contributed by atoms with Crippen molar-refractivity contribution >= 4 is 28.7 Å². The first-order valence-electron chi connectivity index (χ1n) is 12.2. The maximum atomic E-state index is 4.79. The fourth-order valence-electron chi connectivity index (χ4n) is 4.58. The number of fused-ring (bicyclic) bond motifs is 1. The molecule has 0 spiro atoms. The molecule has 2 aromatic carbocycles. The van der Waals surface area contributed by atoms with Gasteiger partial charge in [0.15, 0.2) is 22.8 Å². The summed E-state index contributed by atoms with van der Waals surface area (Å²) in [7, 11) is 0. The second kappa shape index (κ2) is 10.1. The monoisotopic (exact) mass is 477 g/mol. The molecule has 9 nitrogen and oxygen atoms in total. The van der Waals surface area contributed by atoms with Gasteiger partial charge in [0.1, 0.15) is 6.33 Å². The Morgan fingerprint density at radius 2 is 1.64 bits per heavy atom. The van der Waals surface area contributed by atoms with Crippen molar-refractivity contribution in [1.82, 2.24) is 34.4 Å². The number of hydrogen-bond donors (Lipinski definition) is 2. The van der Waals surface area contributed by atoms with E-state index in [0.29, 0.717) is 17.8 Å². The van der Waals surface area contributed by atoms with Crippen molar-refractivity contribution in [3.8, 4) is 5.69 Å². The molecule has 1 aliphatic rings. The first kappa shape index (κ1) is 22.1. The van der Waals surface area contributed by atoms with E-state index in [1.54, 1.807) is 24.9 Å². The highest BCUT2D eigenvalue weighted by Crippen LogP contribution is 2.27. The molecule has 0 atom stereocenters. The summed E-state index contributed by atoms with van der Waals surface area (Å²) in [6.07, 6.45) is 8.79. The van der Waals surface area contributed by atoms with Crippen molar-refractivity contribution in [1.29, 1.82) is 0 Å². The summed E-state index contributed by atoms with van der Waals surface area (Å²) in [5.41, 5.74) is 3.82. The number of benzene rings is 2. The fraction of sp³-hybridized carbons (Fsp3) is 0.222. The molecule has 4 heterocycles. The molecule has 0 amide bonds. The van der Waals surface area contributed by atoms with Crippen LogP contribution < -0.4 is 10.6 Å². The minimum Gasteiger partial charge on any atom is -0.365 e. The molecule has 180 valence electrons. The number of para-hydroxylation sites is 1. The third kappa shape index (κ3) is 4.87. The van der Waals surface area contributed by atoms with Crippen LogP contribution in [0.2, 0.25) is 0 Å². The summed E-state index contributed by atoms with van der Waals surface area (Å²) >= 11 is 0. The topological polar surface area (TPSA) is 96.7 Å². The van der Waals surface area contributed by atoms with Crippen LogP contribution in [0.1, 0.15) is 18.4 Å². The largest absolute Gasteiger partial charge is 0.365 e. The van der Waals surface area contributed by atoms with Crippen molar-refractivity contribution in [3.05, 3.63) is 91.1 Å². The maximum Gasteiger partial charge on any atom is 0.232 e. The van der Waals surface area contributed by atoms with Gasteiger partial charge in [-0.1, -0.05) is 48.5 Å². The Hall–Kier alpha value is -4.37. The summed E-state index contributed by atoms with van der Waals surface area (Å²) in [4.78, 5) is 25.2. The molecule has 1 fully saturated rings. The summed E-state index contributed by atoms with van der Waals surface area (Å²) < 4.78 is 1.98. The number of rotatable bonds is 7. The lowest BCUT2D eigenvalue weighted by molar-refractivity contribution is 0.211. The van der Waals surface area contributed by atoms with E-state index in [-0.39, 0.29) is 0 Å². The Morgan fingerprint density at radius 1 is 0.861 bits per heavy atom. The Kier molecular flexibility index (Phi) is 6.20. The molecule has 0 radical (unpaired) electrons. The zero-order valence-corrected chi connectivity index (χ0v) is 19.8. The van der Waals surface area contributed by atoms with Crippen LogP contribution in [0.3, 0.4) is 0 Å². The number of hydrogen-bond acceptors (Lipinski definition) is 8. The van der Waals surface area contributed by atoms with Crippen molar-refractivity contribution in [2.24, 2.45) is 0 Å². The van der Waals surface area contributed by atoms with Crippen molar-refractivity contribution in [3.63, 3.8) is 0 Å². The molecule has 36 heavy (non-hydrogen) atoms. The van der Waals surface area contributed by atoms with Crippen LogP contribution in [0, 0.1) is 0 Å². The lowest BCUT2D eigenvalue weighted by Crippen LogP contribution is -2.38. The van der Waals surface area contributed by atoms with Crippen LogP contribution in [0.4, 0.5) is 17.6 Å². The van der Waals surface area contributed by atoms with Gasteiger partial charge in [-0.3, -0.25) is 14.5 Å². The van der Waals surface area contributed by atoms with E-state index in [1.807, 2.05) is 34.9 Å². The molecule has 1 aliphatic heterocycles. The third-order valence-corrected chi connectivity index (χ3v) is 6.41. The predicted octanol–water partition coefficient (Wildman–Crippen LogP) is 4.43. The highest BCUT2D eigenvalue weighted by atomic mass is 15.2. The molecule has 3 aromatic heterocycles. The van der Waals surface area contributed by atoms with Crippen LogP contribution in [-0.2, 0) is 6.54 Å². The van der Waals surface area contributed by atoms with Crippen LogP contribution in [-0.4, -0.2) is 53.5 Å². The van der Waals surface area contributed by atoms with E-state index in [4.69, 9.17) is 9.97 Å². The van der Waals surface area contributed by atoms with E-state index in [1.165, 1.54) is 5.56 Å². The molecular formula is C27H27N9. The van der Waals surface area contributed by atoms with E-state index >= 15 is 0 Å². The van der Waals surface area contributed by atoms with Gasteiger partial charge in [-0.15, -0.1) is 0 Å². The van der Waals surface area contributed by atoms with Crippen molar-refractivity contribution in [2.45, 2.75) is 25.4 Å². The Bertz CT molecular complexity index is 1410. The van der Waals surface area contributed by atoms with Gasteiger partial charge in [-0.2, -0.15) is 9.97 Å². The molecule has 6 rings (SSSR count). The molecule has 0 saturated carbocycles. The summed E-state index contributed by atoms with van der Waals surface area (Å²) in [6.45, 7) is 3.05. The Labute approximate surface area is 209 Å². The predicted molar refractivity (Wildman–Crippen MR) is 140 cm³/mol. The first-order chi connectivity index (χ1) is 17.8. The van der Waals surface area contributed by atoms with Gasteiger partial charge >= 0.3 is 0 Å². The van der Waals surface area contributed by atoms with Gasteiger partial charge in [0.2, 0.25) is 5.95 Å². The molecular weight excluding hydrogens is 450 g/mol. The van der Waals surface area contributed by atoms with Gasteiger partial charge in [-0.25, -0.2) is 9.97 Å². The van der Waals surface area contributed by atoms with Gasteiger partial charge in [0.25, 0.3) is 0 Å². The lowest BCUT2D eigenvalue weighted by Gasteiger charge is -2.32. The first-order valence-corrected chi connectivity index (χ1v) is 12.2. The zero-order chi connectivity index (χ0) is 24.2. The molecule has 0 bridgehead atoms. The molecule has 9 heteroatoms. The van der Waals surface area contributed by atoms with Crippen molar-refractivity contribution < 1.29 is 0 Å². The second-order valence-corrected chi connectivity index (χ2v) is 8.91. The van der Waals surface area contributed by atoms with Gasteiger partial charge in [-0.05, 0) is 30.5 Å². The maximum absolute atomic E-state index is 4.79. The average molecular weight is 478 g/mol. The highest BCUT2D eigenvalue weighted by Gasteiger charge is 2.22. The minimum absolute atomic E-state index is 0.307. The number of imidazole rings is 1. The smallest absolute Gasteiger partial charge is 0.232 e. The SMILES string of the molecule is c1ccc(CN2CCC(Nc3nc(Nc4cnccn4)nc4c3ncn4-c3ccccc3)CC2)cc1. The van der Waals surface area contributed by atoms with Gasteiger partial charge in [0, 0.05) is 43.8 Å². The summed E-state index contributed by atoms with van der Waals surface area (Å²) in [5.74, 6) is 1.76. The molecule has 5 aromatic rings. The van der Waals surface area contributed by atoms with Crippen LogP contribution in [0.15, 0.2) is 85.6 Å². The molecule has 0 unspecified atom stereocenters. The number of nitrogens with zero attached hydrogens (tertiary/aromatic N) is 7. The normalized spacial score (nSPS) is 14.7. The highest BCUT2D eigenvalue weighted by molar-refractivity contribution is 5.86. The zero-order valence-electron chi connectivity index (χ0n) is 19.8.